The van der Waals surface area contributed by atoms with Gasteiger partial charge in [-0.3, -0.25) is 14.6 Å². The van der Waals surface area contributed by atoms with Crippen LogP contribution in [0.5, 0.6) is 0 Å². The highest BCUT2D eigenvalue weighted by Gasteiger charge is 2.43. The Labute approximate surface area is 226 Å². The van der Waals surface area contributed by atoms with Crippen LogP contribution in [-0.4, -0.2) is 52.4 Å². The highest BCUT2D eigenvalue weighted by atomic mass is 35.5. The summed E-state index contributed by atoms with van der Waals surface area (Å²) in [7, 11) is 1.39. The number of likely N-dealkylation sites (tertiary alicyclic amines) is 1. The molecule has 208 valence electrons. The van der Waals surface area contributed by atoms with Crippen molar-refractivity contribution in [1.82, 2.24) is 19.9 Å². The van der Waals surface area contributed by atoms with Gasteiger partial charge >= 0.3 is 6.18 Å². The second-order valence-corrected chi connectivity index (χ2v) is 9.60. The number of carbonyl (C=O) groups is 2. The number of ether oxygens (including phenoxy) is 1. The number of halogens is 5. The topological polar surface area (TPSA) is 100 Å². The van der Waals surface area contributed by atoms with Crippen LogP contribution in [0.4, 0.5) is 23.2 Å². The monoisotopic (exact) mass is 567 g/mol. The number of pyridine rings is 1. The van der Waals surface area contributed by atoms with E-state index in [-0.39, 0.29) is 28.6 Å². The van der Waals surface area contributed by atoms with Gasteiger partial charge in [0.15, 0.2) is 5.82 Å². The molecule has 1 unspecified atom stereocenters. The summed E-state index contributed by atoms with van der Waals surface area (Å²) in [6.07, 6.45) is -0.410. The third-order valence-corrected chi connectivity index (χ3v) is 7.25. The molecule has 2 aromatic heterocycles. The molecule has 39 heavy (non-hydrogen) atoms. The third kappa shape index (κ3) is 5.62. The average molecular weight is 568 g/mol. The Morgan fingerprint density at radius 1 is 1.33 bits per heavy atom. The molecular formula is C26H26ClF4N5O3. The lowest BCUT2D eigenvalue weighted by Crippen LogP contribution is -2.50. The average Bonchev–Trinajstić information content (AvgIpc) is 3.40. The van der Waals surface area contributed by atoms with Crippen molar-refractivity contribution in [3.8, 4) is 0 Å². The molecule has 0 saturated carbocycles. The van der Waals surface area contributed by atoms with E-state index in [9.17, 15) is 22.8 Å². The Balaban J connectivity index is 1.62. The van der Waals surface area contributed by atoms with Crippen LogP contribution in [0.25, 0.3) is 0 Å². The number of nitrogens with zero attached hydrogens (tertiary/aromatic N) is 3. The number of carbonyl (C=O) groups excluding carboxylic acids is 2. The molecule has 2 atom stereocenters. The first-order valence-electron chi connectivity index (χ1n) is 12.2. The van der Waals surface area contributed by atoms with Crippen molar-refractivity contribution in [1.29, 1.82) is 0 Å². The number of aromatic amines is 1. The van der Waals surface area contributed by atoms with Crippen LogP contribution < -0.4 is 5.32 Å². The number of rotatable bonds is 8. The molecule has 3 aromatic rings. The maximum Gasteiger partial charge on any atom is 0.433 e. The van der Waals surface area contributed by atoms with Crippen LogP contribution >= 0.6 is 11.6 Å². The summed E-state index contributed by atoms with van der Waals surface area (Å²) in [5.74, 6) is -1.75. The Morgan fingerprint density at radius 3 is 2.77 bits per heavy atom. The van der Waals surface area contributed by atoms with Gasteiger partial charge in [0.1, 0.15) is 17.1 Å². The molecule has 1 fully saturated rings. The van der Waals surface area contributed by atoms with Crippen molar-refractivity contribution >= 4 is 29.6 Å². The maximum atomic E-state index is 15.3. The molecule has 13 heteroatoms. The number of nitrogens with one attached hydrogen (secondary N) is 2. The van der Waals surface area contributed by atoms with E-state index in [2.05, 4.69) is 20.3 Å². The zero-order valence-electron chi connectivity index (χ0n) is 21.1. The largest absolute Gasteiger partial charge is 0.433 e. The third-order valence-electron chi connectivity index (χ3n) is 6.96. The molecule has 1 aromatic carbocycles. The predicted molar refractivity (Wildman–Crippen MR) is 135 cm³/mol. The van der Waals surface area contributed by atoms with Crippen LogP contribution in [0.2, 0.25) is 5.02 Å². The predicted octanol–water partition coefficient (Wildman–Crippen LogP) is 5.50. The van der Waals surface area contributed by atoms with Crippen LogP contribution in [0.15, 0.2) is 36.7 Å². The molecule has 0 spiro atoms. The van der Waals surface area contributed by atoms with Crippen molar-refractivity contribution in [2.45, 2.75) is 43.9 Å². The molecular weight excluding hydrogens is 542 g/mol. The highest BCUT2D eigenvalue weighted by Crippen LogP contribution is 2.42. The van der Waals surface area contributed by atoms with Crippen molar-refractivity contribution < 1.29 is 31.9 Å². The first-order chi connectivity index (χ1) is 18.5. The highest BCUT2D eigenvalue weighted by molar-refractivity contribution is 6.31. The van der Waals surface area contributed by atoms with E-state index in [0.29, 0.717) is 43.5 Å². The standard InChI is InChI=1S/C26H26ClF4N5O3/c1-3-16(15-7-9-32-20(11-15)26(29,30)31)19-12-33-23(35-19)24(38)36-10-4-8-25(13-36,39-2)21-18(34-14-37)6-5-17(27)22(21)28/h5-7,9,11-12,14,16H,3-4,8,10,13H2,1-2H3,(H,33,35)(H,34,37)/t16?,25-/m0/s1. The normalized spacial score (nSPS) is 18.6. The maximum absolute atomic E-state index is 15.3. The number of hydrogen-bond donors (Lipinski definition) is 2. The number of imidazole rings is 1. The summed E-state index contributed by atoms with van der Waals surface area (Å²) in [5, 5.41) is 2.31. The van der Waals surface area contributed by atoms with Crippen LogP contribution in [-0.2, 0) is 21.3 Å². The molecule has 2 amide bonds. The molecule has 0 bridgehead atoms. The van der Waals surface area contributed by atoms with Crippen molar-refractivity contribution in [3.63, 3.8) is 0 Å². The number of benzene rings is 1. The van der Waals surface area contributed by atoms with Crippen LogP contribution in [0, 0.1) is 5.82 Å². The second kappa shape index (κ2) is 11.3. The fourth-order valence-corrected chi connectivity index (χ4v) is 5.23. The Kier molecular flexibility index (Phi) is 8.26. The van der Waals surface area contributed by atoms with E-state index < -0.39 is 35.1 Å². The van der Waals surface area contributed by atoms with Gasteiger partial charge in [-0.15, -0.1) is 0 Å². The van der Waals surface area contributed by atoms with E-state index in [0.717, 1.165) is 12.3 Å². The van der Waals surface area contributed by atoms with Gasteiger partial charge in [-0.25, -0.2) is 9.37 Å². The molecule has 1 saturated heterocycles. The smallest absolute Gasteiger partial charge is 0.371 e. The summed E-state index contributed by atoms with van der Waals surface area (Å²) in [6.45, 7) is 2.08. The molecule has 8 nitrogen and oxygen atoms in total. The van der Waals surface area contributed by atoms with E-state index in [1.807, 2.05) is 6.92 Å². The number of hydrogen-bond acceptors (Lipinski definition) is 5. The van der Waals surface area contributed by atoms with Crippen LogP contribution in [0.3, 0.4) is 0 Å². The summed E-state index contributed by atoms with van der Waals surface area (Å²) < 4.78 is 60.6. The number of aromatic nitrogens is 3. The van der Waals surface area contributed by atoms with E-state index in [1.165, 1.54) is 36.4 Å². The molecule has 2 N–H and O–H groups in total. The Bertz CT molecular complexity index is 1370. The molecule has 0 radical (unpaired) electrons. The van der Waals surface area contributed by atoms with Gasteiger partial charge in [0.25, 0.3) is 5.91 Å². The molecule has 1 aliphatic heterocycles. The number of alkyl halides is 3. The summed E-state index contributed by atoms with van der Waals surface area (Å²) in [4.78, 5) is 36.7. The van der Waals surface area contributed by atoms with Gasteiger partial charge in [-0.1, -0.05) is 18.5 Å². The molecule has 4 rings (SSSR count). The number of H-pyrrole nitrogens is 1. The van der Waals surface area contributed by atoms with Gasteiger partial charge in [0.2, 0.25) is 6.41 Å². The Hall–Kier alpha value is -3.51. The summed E-state index contributed by atoms with van der Waals surface area (Å²) in [5.41, 5.74) is -1.26. The zero-order valence-corrected chi connectivity index (χ0v) is 21.9. The van der Waals surface area contributed by atoms with E-state index >= 15 is 4.39 Å². The quantitative estimate of drug-likeness (QED) is 0.276. The minimum absolute atomic E-state index is 0.0155. The van der Waals surface area contributed by atoms with Gasteiger partial charge in [-0.05, 0) is 49.1 Å². The fraction of sp³-hybridized carbons (Fsp3) is 0.385. The molecule has 0 aliphatic carbocycles. The number of piperidine rings is 1. The zero-order chi connectivity index (χ0) is 28.4. The number of anilines is 1. The summed E-state index contributed by atoms with van der Waals surface area (Å²) >= 11 is 6.04. The van der Waals surface area contributed by atoms with Gasteiger partial charge in [0, 0.05) is 48.9 Å². The number of amides is 2. The fourth-order valence-electron chi connectivity index (χ4n) is 5.07. The minimum atomic E-state index is -4.59. The molecule has 3 heterocycles. The lowest BCUT2D eigenvalue weighted by atomic mass is 9.83. The first kappa shape index (κ1) is 28.5. The summed E-state index contributed by atoms with van der Waals surface area (Å²) in [6, 6.07) is 5.26. The minimum Gasteiger partial charge on any atom is -0.371 e. The lowest BCUT2D eigenvalue weighted by molar-refractivity contribution is -0.141. The lowest BCUT2D eigenvalue weighted by Gasteiger charge is -2.42. The van der Waals surface area contributed by atoms with Gasteiger partial charge in [-0.2, -0.15) is 13.2 Å². The van der Waals surface area contributed by atoms with E-state index in [1.54, 1.807) is 0 Å². The van der Waals surface area contributed by atoms with Crippen molar-refractivity contribution in [2.24, 2.45) is 0 Å². The first-order valence-corrected chi connectivity index (χ1v) is 12.5. The Morgan fingerprint density at radius 2 is 2.10 bits per heavy atom. The van der Waals surface area contributed by atoms with Crippen molar-refractivity contribution in [3.05, 3.63) is 75.8 Å². The second-order valence-electron chi connectivity index (χ2n) is 9.19. The SMILES string of the molecule is CCC(c1ccnc(C(F)(F)F)c1)c1cnc(C(=O)N2CCC[C@@](OC)(c3c(NC=O)ccc(Cl)c3F)C2)[nH]1. The molecule has 1 aliphatic rings. The van der Waals surface area contributed by atoms with Gasteiger partial charge < -0.3 is 19.9 Å². The van der Waals surface area contributed by atoms with Crippen LogP contribution in [0.1, 0.15) is 65.2 Å². The van der Waals surface area contributed by atoms with Gasteiger partial charge in [0.05, 0.1) is 11.6 Å². The van der Waals surface area contributed by atoms with Crippen molar-refractivity contribution in [2.75, 3.05) is 25.5 Å². The number of methoxy groups -OCH3 is 1. The van der Waals surface area contributed by atoms with E-state index in [4.69, 9.17) is 16.3 Å².